The van der Waals surface area contributed by atoms with Gasteiger partial charge in [-0.3, -0.25) is 0 Å². The van der Waals surface area contributed by atoms with Gasteiger partial charge in [-0.05, 0) is 118 Å². The van der Waals surface area contributed by atoms with Crippen molar-refractivity contribution in [3.63, 3.8) is 0 Å². The van der Waals surface area contributed by atoms with Gasteiger partial charge in [-0.1, -0.05) is 24.6 Å². The Balaban J connectivity index is 1.37. The fourth-order valence-electron chi connectivity index (χ4n) is 6.97. The Morgan fingerprint density at radius 1 is 0.933 bits per heavy atom. The largest absolute Gasteiger partial charge is 0.419 e. The van der Waals surface area contributed by atoms with Crippen molar-refractivity contribution in [2.75, 3.05) is 0 Å². The molecule has 6 unspecified atom stereocenters. The molecule has 0 radical (unpaired) electrons. The van der Waals surface area contributed by atoms with E-state index in [1.165, 1.54) is 51.0 Å². The predicted molar refractivity (Wildman–Crippen MR) is 113 cm³/mol. The van der Waals surface area contributed by atoms with Gasteiger partial charge in [0.1, 0.15) is 5.82 Å². The van der Waals surface area contributed by atoms with Crippen LogP contribution in [0, 0.1) is 35.4 Å². The summed E-state index contributed by atoms with van der Waals surface area (Å²) in [5.41, 5.74) is -0.389. The lowest BCUT2D eigenvalue weighted by molar-refractivity contribution is -0.140. The Hall–Kier alpha value is -1.32. The van der Waals surface area contributed by atoms with Crippen molar-refractivity contribution in [3.05, 3.63) is 47.3 Å². The third-order valence-corrected chi connectivity index (χ3v) is 8.40. The molecule has 30 heavy (non-hydrogen) atoms. The van der Waals surface area contributed by atoms with E-state index in [2.05, 4.69) is 19.1 Å². The third kappa shape index (κ3) is 4.62. The Kier molecular flexibility index (Phi) is 6.60. The molecule has 0 N–H and O–H groups in total. The Morgan fingerprint density at radius 2 is 1.63 bits per heavy atom. The van der Waals surface area contributed by atoms with E-state index in [-0.39, 0.29) is 5.92 Å². The number of alkyl halides is 3. The van der Waals surface area contributed by atoms with Gasteiger partial charge in [0.2, 0.25) is 0 Å². The highest BCUT2D eigenvalue weighted by atomic mass is 19.4. The maximum Gasteiger partial charge on any atom is 0.419 e. The molecule has 3 aliphatic carbocycles. The molecular formula is C26H34F4. The second-order valence-electron chi connectivity index (χ2n) is 10.00. The highest BCUT2D eigenvalue weighted by Crippen LogP contribution is 2.55. The van der Waals surface area contributed by atoms with Crippen LogP contribution in [0.25, 0.3) is 0 Å². The maximum atomic E-state index is 14.1. The van der Waals surface area contributed by atoms with Crippen molar-refractivity contribution in [3.8, 4) is 0 Å². The summed E-state index contributed by atoms with van der Waals surface area (Å²) in [6, 6.07) is 3.59. The van der Waals surface area contributed by atoms with Crippen molar-refractivity contribution in [2.24, 2.45) is 29.6 Å². The molecule has 4 rings (SSSR count). The molecule has 0 amide bonds. The van der Waals surface area contributed by atoms with Gasteiger partial charge in [0.05, 0.1) is 5.56 Å². The second-order valence-corrected chi connectivity index (χ2v) is 10.00. The van der Waals surface area contributed by atoms with Gasteiger partial charge in [-0.2, -0.15) is 13.2 Å². The minimum atomic E-state index is -4.62. The van der Waals surface area contributed by atoms with Gasteiger partial charge < -0.3 is 0 Å². The van der Waals surface area contributed by atoms with E-state index >= 15 is 0 Å². The molecule has 166 valence electrons. The van der Waals surface area contributed by atoms with E-state index in [0.29, 0.717) is 5.92 Å². The van der Waals surface area contributed by atoms with Crippen LogP contribution in [0.3, 0.4) is 0 Å². The van der Waals surface area contributed by atoms with Crippen LogP contribution in [-0.4, -0.2) is 0 Å². The van der Waals surface area contributed by atoms with E-state index in [1.54, 1.807) is 0 Å². The molecular weight excluding hydrogens is 388 g/mol. The van der Waals surface area contributed by atoms with Crippen LogP contribution < -0.4 is 0 Å². The standard InChI is InChI=1S/C26H34F4/c1-2-3-4-5-17-6-11-22-20(14-17)7-8-21-15-18(9-12-23(21)22)19-10-13-24(25(27)16-19)26(28,29)30/h2-3,10,13,16-18,20-23H,4-9,11-12,14-15H2,1H3. The molecule has 3 saturated carbocycles. The lowest BCUT2D eigenvalue weighted by Gasteiger charge is -2.51. The van der Waals surface area contributed by atoms with Crippen LogP contribution in [-0.2, 0) is 6.18 Å². The summed E-state index contributed by atoms with van der Waals surface area (Å²) in [5.74, 6) is 3.11. The molecule has 0 saturated heterocycles. The number of hydrogen-bond donors (Lipinski definition) is 0. The first-order valence-corrected chi connectivity index (χ1v) is 11.8. The molecule has 1 aromatic rings. The minimum Gasteiger partial charge on any atom is -0.206 e. The average molecular weight is 423 g/mol. The maximum absolute atomic E-state index is 14.1. The van der Waals surface area contributed by atoms with Gasteiger partial charge in [0.25, 0.3) is 0 Å². The zero-order valence-electron chi connectivity index (χ0n) is 17.9. The van der Waals surface area contributed by atoms with Crippen molar-refractivity contribution >= 4 is 0 Å². The van der Waals surface area contributed by atoms with E-state index in [0.717, 1.165) is 60.6 Å². The Morgan fingerprint density at radius 3 is 2.30 bits per heavy atom. The number of allylic oxidation sites excluding steroid dienone is 2. The lowest BCUT2D eigenvalue weighted by Crippen LogP contribution is -2.41. The van der Waals surface area contributed by atoms with E-state index in [1.807, 2.05) is 0 Å². The summed E-state index contributed by atoms with van der Waals surface area (Å²) in [5, 5.41) is 0. The van der Waals surface area contributed by atoms with E-state index in [4.69, 9.17) is 0 Å². The molecule has 0 bridgehead atoms. The van der Waals surface area contributed by atoms with Gasteiger partial charge in [-0.15, -0.1) is 0 Å². The summed E-state index contributed by atoms with van der Waals surface area (Å²) in [7, 11) is 0. The fraction of sp³-hybridized carbons (Fsp3) is 0.692. The van der Waals surface area contributed by atoms with E-state index in [9.17, 15) is 17.6 Å². The van der Waals surface area contributed by atoms with Crippen LogP contribution in [0.15, 0.2) is 30.4 Å². The van der Waals surface area contributed by atoms with Gasteiger partial charge >= 0.3 is 6.18 Å². The molecule has 0 heterocycles. The third-order valence-electron chi connectivity index (χ3n) is 8.40. The Bertz CT molecular complexity index is 750. The predicted octanol–water partition coefficient (Wildman–Crippen LogP) is 8.53. The summed E-state index contributed by atoms with van der Waals surface area (Å²) < 4.78 is 52.7. The van der Waals surface area contributed by atoms with Crippen LogP contribution in [0.2, 0.25) is 0 Å². The molecule has 3 aliphatic rings. The van der Waals surface area contributed by atoms with Crippen LogP contribution in [0.1, 0.15) is 88.2 Å². The van der Waals surface area contributed by atoms with Gasteiger partial charge in [0.15, 0.2) is 0 Å². The number of benzene rings is 1. The number of hydrogen-bond acceptors (Lipinski definition) is 0. The van der Waals surface area contributed by atoms with Gasteiger partial charge in [-0.25, -0.2) is 4.39 Å². The monoisotopic (exact) mass is 422 g/mol. The number of fused-ring (bicyclic) bond motifs is 3. The number of rotatable bonds is 4. The zero-order valence-corrected chi connectivity index (χ0v) is 17.9. The lowest BCUT2D eigenvalue weighted by atomic mass is 9.55. The first-order chi connectivity index (χ1) is 14.4. The fourth-order valence-corrected chi connectivity index (χ4v) is 6.97. The van der Waals surface area contributed by atoms with Crippen molar-refractivity contribution < 1.29 is 17.6 Å². The highest BCUT2D eigenvalue weighted by Gasteiger charge is 2.44. The molecule has 3 fully saturated rings. The van der Waals surface area contributed by atoms with Gasteiger partial charge in [0, 0.05) is 0 Å². The highest BCUT2D eigenvalue weighted by molar-refractivity contribution is 5.29. The van der Waals surface area contributed by atoms with Crippen LogP contribution >= 0.6 is 0 Å². The summed E-state index contributed by atoms with van der Waals surface area (Å²) >= 11 is 0. The SMILES string of the molecule is CC=CCCC1CCC2C(CCC3CC(c4ccc(C(F)(F)F)c(F)c4)CCC32)C1. The Labute approximate surface area is 178 Å². The average Bonchev–Trinajstić information content (AvgIpc) is 2.72. The number of halogens is 4. The molecule has 0 aliphatic heterocycles. The topological polar surface area (TPSA) is 0 Å². The van der Waals surface area contributed by atoms with E-state index < -0.39 is 17.6 Å². The van der Waals surface area contributed by atoms with Crippen LogP contribution in [0.5, 0.6) is 0 Å². The molecule has 1 aromatic carbocycles. The van der Waals surface area contributed by atoms with Crippen LogP contribution in [0.4, 0.5) is 17.6 Å². The second kappa shape index (κ2) is 9.04. The van der Waals surface area contributed by atoms with Crippen molar-refractivity contribution in [1.29, 1.82) is 0 Å². The molecule has 6 atom stereocenters. The molecule has 0 aromatic heterocycles. The first-order valence-electron chi connectivity index (χ1n) is 11.8. The quantitative estimate of drug-likeness (QED) is 0.337. The summed E-state index contributed by atoms with van der Waals surface area (Å²) in [6.45, 7) is 2.09. The van der Waals surface area contributed by atoms with Crippen molar-refractivity contribution in [2.45, 2.75) is 83.2 Å². The van der Waals surface area contributed by atoms with Crippen molar-refractivity contribution in [1.82, 2.24) is 0 Å². The molecule has 0 nitrogen and oxygen atoms in total. The minimum absolute atomic E-state index is 0.205. The normalized spacial score (nSPS) is 34.6. The smallest absolute Gasteiger partial charge is 0.206 e. The first kappa shape index (κ1) is 21.9. The summed E-state index contributed by atoms with van der Waals surface area (Å²) in [4.78, 5) is 0. The molecule has 0 spiro atoms. The molecule has 4 heteroatoms. The zero-order chi connectivity index (χ0) is 21.3. The summed E-state index contributed by atoms with van der Waals surface area (Å²) in [6.07, 6.45) is 12.1.